The molecule has 138 valence electrons. The van der Waals surface area contributed by atoms with Crippen molar-refractivity contribution >= 4 is 17.5 Å². The number of carbonyl (C=O) groups is 1. The lowest BCUT2D eigenvalue weighted by atomic mass is 10.00. The second-order valence-corrected chi connectivity index (χ2v) is 6.95. The summed E-state index contributed by atoms with van der Waals surface area (Å²) >= 11 is 0. The lowest BCUT2D eigenvalue weighted by molar-refractivity contribution is -0.129. The maximum Gasteiger partial charge on any atom is 0.246 e. The van der Waals surface area contributed by atoms with Crippen LogP contribution >= 0.6 is 0 Å². The van der Waals surface area contributed by atoms with Gasteiger partial charge in [0.1, 0.15) is 5.69 Å². The van der Waals surface area contributed by atoms with Crippen LogP contribution in [0.25, 0.3) is 22.9 Å². The average molecular weight is 360 g/mol. The zero-order valence-corrected chi connectivity index (χ0v) is 15.6. The van der Waals surface area contributed by atoms with Crippen LogP contribution in [0.1, 0.15) is 38.2 Å². The van der Waals surface area contributed by atoms with Gasteiger partial charge in [-0.25, -0.2) is 4.52 Å². The molecule has 4 rings (SSSR count). The Bertz CT molecular complexity index is 961. The van der Waals surface area contributed by atoms with E-state index in [0.29, 0.717) is 6.04 Å². The van der Waals surface area contributed by atoms with E-state index in [0.717, 1.165) is 48.1 Å². The van der Waals surface area contributed by atoms with Crippen LogP contribution in [0.5, 0.6) is 0 Å². The van der Waals surface area contributed by atoms with E-state index in [1.54, 1.807) is 18.5 Å². The van der Waals surface area contributed by atoms with Crippen molar-refractivity contribution in [2.45, 2.75) is 38.6 Å². The van der Waals surface area contributed by atoms with E-state index in [4.69, 9.17) is 5.10 Å². The van der Waals surface area contributed by atoms with Crippen molar-refractivity contribution < 1.29 is 4.79 Å². The van der Waals surface area contributed by atoms with Crippen molar-refractivity contribution in [2.24, 2.45) is 0 Å². The molecule has 1 aliphatic heterocycles. The predicted molar refractivity (Wildman–Crippen MR) is 107 cm³/mol. The predicted octanol–water partition coefficient (Wildman–Crippen LogP) is 4.20. The first kappa shape index (κ1) is 17.5. The molecule has 1 atom stereocenters. The van der Waals surface area contributed by atoms with Crippen molar-refractivity contribution in [3.63, 3.8) is 0 Å². The second kappa shape index (κ2) is 7.74. The molecule has 0 aliphatic carbocycles. The zero-order chi connectivity index (χ0) is 18.6. The quantitative estimate of drug-likeness (QED) is 0.655. The van der Waals surface area contributed by atoms with E-state index in [9.17, 15) is 4.79 Å². The van der Waals surface area contributed by atoms with Gasteiger partial charge >= 0.3 is 0 Å². The Labute approximate surface area is 159 Å². The summed E-state index contributed by atoms with van der Waals surface area (Å²) in [7, 11) is 0. The van der Waals surface area contributed by atoms with Gasteiger partial charge in [-0.1, -0.05) is 13.0 Å². The molecule has 5 nitrogen and oxygen atoms in total. The van der Waals surface area contributed by atoms with Crippen molar-refractivity contribution in [1.82, 2.24) is 19.5 Å². The fourth-order valence-electron chi connectivity index (χ4n) is 3.87. The standard InChI is InChI=1S/C22H24N4O/c1-2-18-7-3-5-15-25(18)21(27)10-9-19-20-8-4-6-16-26(20)24-22(19)17-11-13-23-14-12-17/h4,6,8-14,16,18H,2-3,5,7,15H2,1H3/b10-9+. The summed E-state index contributed by atoms with van der Waals surface area (Å²) in [5.74, 6) is 0.0949. The lowest BCUT2D eigenvalue weighted by Gasteiger charge is -2.34. The minimum Gasteiger partial charge on any atom is -0.336 e. The molecule has 3 aromatic heterocycles. The van der Waals surface area contributed by atoms with Gasteiger partial charge in [-0.3, -0.25) is 9.78 Å². The molecule has 0 radical (unpaired) electrons. The van der Waals surface area contributed by atoms with E-state index in [1.807, 2.05) is 52.0 Å². The van der Waals surface area contributed by atoms with Gasteiger partial charge in [-0.05, 0) is 56.0 Å². The van der Waals surface area contributed by atoms with Crippen LogP contribution < -0.4 is 0 Å². The third-order valence-corrected chi connectivity index (χ3v) is 5.31. The van der Waals surface area contributed by atoms with Gasteiger partial charge in [0.15, 0.2) is 0 Å². The number of amides is 1. The molecule has 1 saturated heterocycles. The van der Waals surface area contributed by atoms with E-state index >= 15 is 0 Å². The highest BCUT2D eigenvalue weighted by Crippen LogP contribution is 2.27. The van der Waals surface area contributed by atoms with Gasteiger partial charge in [0.25, 0.3) is 0 Å². The van der Waals surface area contributed by atoms with Gasteiger partial charge in [-0.2, -0.15) is 5.10 Å². The highest BCUT2D eigenvalue weighted by molar-refractivity contribution is 5.95. The summed E-state index contributed by atoms with van der Waals surface area (Å²) in [5, 5.41) is 4.72. The first-order chi connectivity index (χ1) is 13.3. The molecular weight excluding hydrogens is 336 g/mol. The fraction of sp³-hybridized carbons (Fsp3) is 0.318. The molecule has 1 unspecified atom stereocenters. The largest absolute Gasteiger partial charge is 0.336 e. The van der Waals surface area contributed by atoms with Crippen LogP contribution in [0, 0.1) is 0 Å². The number of nitrogens with zero attached hydrogens (tertiary/aromatic N) is 4. The third kappa shape index (κ3) is 3.50. The Kier molecular flexibility index (Phi) is 5.01. The zero-order valence-electron chi connectivity index (χ0n) is 15.6. The first-order valence-electron chi connectivity index (χ1n) is 9.64. The molecule has 1 fully saturated rings. The number of hydrogen-bond donors (Lipinski definition) is 0. The third-order valence-electron chi connectivity index (χ3n) is 5.31. The summed E-state index contributed by atoms with van der Waals surface area (Å²) in [6.07, 6.45) is 13.5. The molecule has 0 bridgehead atoms. The highest BCUT2D eigenvalue weighted by Gasteiger charge is 2.23. The normalized spacial score (nSPS) is 17.7. The first-order valence-corrected chi connectivity index (χ1v) is 9.64. The number of pyridine rings is 2. The van der Waals surface area contributed by atoms with Crippen molar-refractivity contribution in [2.75, 3.05) is 6.54 Å². The Morgan fingerprint density at radius 3 is 2.89 bits per heavy atom. The number of hydrogen-bond acceptors (Lipinski definition) is 3. The number of aromatic nitrogens is 3. The Balaban J connectivity index is 1.70. The minimum atomic E-state index is 0.0949. The fourth-order valence-corrected chi connectivity index (χ4v) is 3.87. The topological polar surface area (TPSA) is 50.5 Å². The molecule has 3 aromatic rings. The molecule has 0 saturated carbocycles. The lowest BCUT2D eigenvalue weighted by Crippen LogP contribution is -2.42. The van der Waals surface area contributed by atoms with Gasteiger partial charge in [0.05, 0.1) is 5.52 Å². The summed E-state index contributed by atoms with van der Waals surface area (Å²) < 4.78 is 1.86. The van der Waals surface area contributed by atoms with Crippen molar-refractivity contribution in [3.8, 4) is 11.3 Å². The summed E-state index contributed by atoms with van der Waals surface area (Å²) in [6, 6.07) is 10.2. The number of piperidine rings is 1. The molecule has 5 heteroatoms. The molecule has 0 N–H and O–H groups in total. The average Bonchev–Trinajstić information content (AvgIpc) is 3.11. The molecule has 0 spiro atoms. The van der Waals surface area contributed by atoms with Crippen molar-refractivity contribution in [1.29, 1.82) is 0 Å². The van der Waals surface area contributed by atoms with Crippen LogP contribution in [-0.4, -0.2) is 38.0 Å². The maximum absolute atomic E-state index is 12.8. The number of carbonyl (C=O) groups excluding carboxylic acids is 1. The summed E-state index contributed by atoms with van der Waals surface area (Å²) in [6.45, 7) is 3.01. The number of likely N-dealkylation sites (tertiary alicyclic amines) is 1. The Morgan fingerprint density at radius 2 is 2.07 bits per heavy atom. The molecule has 1 aliphatic rings. The van der Waals surface area contributed by atoms with Crippen LogP contribution in [0.3, 0.4) is 0 Å². The van der Waals surface area contributed by atoms with E-state index in [2.05, 4.69) is 11.9 Å². The maximum atomic E-state index is 12.8. The van der Waals surface area contributed by atoms with Crippen LogP contribution in [0.4, 0.5) is 0 Å². The van der Waals surface area contributed by atoms with Crippen molar-refractivity contribution in [3.05, 3.63) is 60.6 Å². The SMILES string of the molecule is CCC1CCCCN1C(=O)/C=C/c1c(-c2ccncc2)nn2ccccc12. The van der Waals surface area contributed by atoms with Crippen LogP contribution in [-0.2, 0) is 4.79 Å². The minimum absolute atomic E-state index is 0.0949. The number of rotatable bonds is 4. The number of fused-ring (bicyclic) bond motifs is 1. The van der Waals surface area contributed by atoms with Gasteiger partial charge in [0.2, 0.25) is 5.91 Å². The summed E-state index contributed by atoms with van der Waals surface area (Å²) in [4.78, 5) is 19.0. The van der Waals surface area contributed by atoms with E-state index < -0.39 is 0 Å². The Hall–Kier alpha value is -2.95. The van der Waals surface area contributed by atoms with Crippen LogP contribution in [0.15, 0.2) is 55.0 Å². The van der Waals surface area contributed by atoms with Crippen LogP contribution in [0.2, 0.25) is 0 Å². The monoisotopic (exact) mass is 360 g/mol. The summed E-state index contributed by atoms with van der Waals surface area (Å²) in [5.41, 5.74) is 3.79. The smallest absolute Gasteiger partial charge is 0.246 e. The molecule has 1 amide bonds. The van der Waals surface area contributed by atoms with Gasteiger partial charge in [-0.15, -0.1) is 0 Å². The second-order valence-electron chi connectivity index (χ2n) is 6.95. The molecule has 27 heavy (non-hydrogen) atoms. The Morgan fingerprint density at radius 1 is 1.22 bits per heavy atom. The van der Waals surface area contributed by atoms with Gasteiger partial charge in [0, 0.05) is 48.4 Å². The van der Waals surface area contributed by atoms with E-state index in [1.165, 1.54) is 6.42 Å². The molecule has 4 heterocycles. The van der Waals surface area contributed by atoms with Gasteiger partial charge < -0.3 is 4.90 Å². The highest BCUT2D eigenvalue weighted by atomic mass is 16.2. The molecule has 0 aromatic carbocycles. The molecular formula is C22H24N4O. The van der Waals surface area contributed by atoms with E-state index in [-0.39, 0.29) is 5.91 Å².